The van der Waals surface area contributed by atoms with Crippen LogP contribution in [0.3, 0.4) is 0 Å². The molecule has 0 bridgehead atoms. The summed E-state index contributed by atoms with van der Waals surface area (Å²) < 4.78 is 0. The Morgan fingerprint density at radius 1 is 0.800 bits per heavy atom. The van der Waals surface area contributed by atoms with Crippen LogP contribution in [-0.2, 0) is 11.5 Å². The van der Waals surface area contributed by atoms with Crippen molar-refractivity contribution in [2.45, 2.75) is 11.5 Å². The van der Waals surface area contributed by atoms with Gasteiger partial charge in [-0.15, -0.1) is 0 Å². The number of aromatic nitrogens is 1. The Balaban J connectivity index is 1.81. The van der Waals surface area contributed by atoms with Gasteiger partial charge in [0, 0.05) is 23.9 Å². The Hall–Kier alpha value is -1.28. The molecule has 1 heterocycles. The first-order valence-corrected chi connectivity index (χ1v) is 6.11. The van der Waals surface area contributed by atoms with E-state index >= 15 is 0 Å². The van der Waals surface area contributed by atoms with Crippen LogP contribution in [0.5, 0.6) is 0 Å². The minimum atomic E-state index is 1.05. The van der Waals surface area contributed by atoms with Crippen LogP contribution in [0, 0.1) is 0 Å². The maximum Gasteiger partial charge on any atom is 0.0270 e. The Bertz CT molecular complexity index is 346. The molecule has 0 fully saturated rings. The second-order valence-electron chi connectivity index (χ2n) is 3.33. The van der Waals surface area contributed by atoms with E-state index in [2.05, 4.69) is 47.4 Å². The number of pyridine rings is 1. The van der Waals surface area contributed by atoms with Crippen LogP contribution < -0.4 is 0 Å². The molecule has 2 aromatic rings. The predicted molar refractivity (Wildman–Crippen MR) is 65.7 cm³/mol. The summed E-state index contributed by atoms with van der Waals surface area (Å²) in [4.78, 5) is 4.00. The fraction of sp³-hybridized carbons (Fsp3) is 0.154. The molecule has 2 heteroatoms. The molecule has 0 atom stereocenters. The second-order valence-corrected chi connectivity index (χ2v) is 4.32. The molecule has 0 aliphatic rings. The van der Waals surface area contributed by atoms with Gasteiger partial charge >= 0.3 is 0 Å². The number of rotatable bonds is 4. The van der Waals surface area contributed by atoms with E-state index in [9.17, 15) is 0 Å². The number of benzene rings is 1. The van der Waals surface area contributed by atoms with E-state index in [1.165, 1.54) is 11.1 Å². The number of hydrogen-bond acceptors (Lipinski definition) is 2. The van der Waals surface area contributed by atoms with Gasteiger partial charge in [-0.05, 0) is 23.3 Å². The molecule has 15 heavy (non-hydrogen) atoms. The summed E-state index contributed by atoms with van der Waals surface area (Å²) in [7, 11) is 0. The summed E-state index contributed by atoms with van der Waals surface area (Å²) in [5.41, 5.74) is 2.72. The summed E-state index contributed by atoms with van der Waals surface area (Å²) in [6, 6.07) is 14.7. The first kappa shape index (κ1) is 10.2. The van der Waals surface area contributed by atoms with Crippen LogP contribution in [0.2, 0.25) is 0 Å². The second kappa shape index (κ2) is 5.56. The lowest BCUT2D eigenvalue weighted by Crippen LogP contribution is -1.83. The van der Waals surface area contributed by atoms with Crippen molar-refractivity contribution in [1.82, 2.24) is 4.98 Å². The molecule has 0 N–H and O–H groups in total. The lowest BCUT2D eigenvalue weighted by atomic mass is 10.2. The van der Waals surface area contributed by atoms with Crippen molar-refractivity contribution in [3.8, 4) is 0 Å². The average Bonchev–Trinajstić information content (AvgIpc) is 2.32. The van der Waals surface area contributed by atoms with Crippen LogP contribution >= 0.6 is 11.8 Å². The fourth-order valence-electron chi connectivity index (χ4n) is 1.34. The summed E-state index contributed by atoms with van der Waals surface area (Å²) in [6.45, 7) is 0. The van der Waals surface area contributed by atoms with E-state index in [4.69, 9.17) is 0 Å². The lowest BCUT2D eigenvalue weighted by molar-refractivity contribution is 1.27. The molecule has 0 aliphatic heterocycles. The maximum absolute atomic E-state index is 4.00. The zero-order valence-electron chi connectivity index (χ0n) is 8.47. The van der Waals surface area contributed by atoms with Crippen LogP contribution in [0.25, 0.3) is 0 Å². The minimum absolute atomic E-state index is 1.05. The van der Waals surface area contributed by atoms with E-state index in [1.54, 1.807) is 0 Å². The van der Waals surface area contributed by atoms with Crippen molar-refractivity contribution in [1.29, 1.82) is 0 Å². The molecular weight excluding hydrogens is 202 g/mol. The van der Waals surface area contributed by atoms with Gasteiger partial charge in [0.2, 0.25) is 0 Å². The first-order valence-electron chi connectivity index (χ1n) is 4.96. The summed E-state index contributed by atoms with van der Waals surface area (Å²) in [5.74, 6) is 2.13. The number of thioether (sulfide) groups is 1. The van der Waals surface area contributed by atoms with Crippen LogP contribution in [0.4, 0.5) is 0 Å². The molecular formula is C13H13NS. The summed E-state index contributed by atoms with van der Waals surface area (Å²) in [5, 5.41) is 0. The molecule has 0 amide bonds. The molecule has 1 aromatic heterocycles. The molecule has 0 unspecified atom stereocenters. The third-order valence-electron chi connectivity index (χ3n) is 2.13. The minimum Gasteiger partial charge on any atom is -0.265 e. The molecule has 0 saturated carbocycles. The van der Waals surface area contributed by atoms with E-state index in [0.717, 1.165) is 11.5 Å². The van der Waals surface area contributed by atoms with Gasteiger partial charge in [0.05, 0.1) is 0 Å². The van der Waals surface area contributed by atoms with Gasteiger partial charge in [0.15, 0.2) is 0 Å². The Morgan fingerprint density at radius 3 is 2.07 bits per heavy atom. The van der Waals surface area contributed by atoms with Crippen molar-refractivity contribution < 1.29 is 0 Å². The predicted octanol–water partition coefficient (Wildman–Crippen LogP) is 3.52. The van der Waals surface area contributed by atoms with E-state index < -0.39 is 0 Å². The van der Waals surface area contributed by atoms with E-state index in [-0.39, 0.29) is 0 Å². The third-order valence-corrected chi connectivity index (χ3v) is 3.20. The van der Waals surface area contributed by atoms with Gasteiger partial charge < -0.3 is 0 Å². The molecule has 0 saturated heterocycles. The zero-order valence-corrected chi connectivity index (χ0v) is 9.28. The van der Waals surface area contributed by atoms with Gasteiger partial charge in [0.25, 0.3) is 0 Å². The summed E-state index contributed by atoms with van der Waals surface area (Å²) in [6.07, 6.45) is 3.69. The zero-order chi connectivity index (χ0) is 10.3. The summed E-state index contributed by atoms with van der Waals surface area (Å²) >= 11 is 1.93. The van der Waals surface area contributed by atoms with Crippen molar-refractivity contribution in [2.24, 2.45) is 0 Å². The number of hydrogen-bond donors (Lipinski definition) is 0. The Labute approximate surface area is 94.6 Å². The van der Waals surface area contributed by atoms with E-state index in [1.807, 2.05) is 24.2 Å². The first-order chi connectivity index (χ1) is 7.45. The number of nitrogens with zero attached hydrogens (tertiary/aromatic N) is 1. The van der Waals surface area contributed by atoms with E-state index in [0.29, 0.717) is 0 Å². The molecule has 1 aromatic carbocycles. The van der Waals surface area contributed by atoms with Gasteiger partial charge in [-0.25, -0.2) is 0 Å². The Kier molecular flexibility index (Phi) is 3.80. The highest BCUT2D eigenvalue weighted by atomic mass is 32.2. The largest absolute Gasteiger partial charge is 0.265 e. The van der Waals surface area contributed by atoms with Crippen molar-refractivity contribution in [3.05, 3.63) is 66.0 Å². The van der Waals surface area contributed by atoms with Gasteiger partial charge in [-0.3, -0.25) is 4.98 Å². The van der Waals surface area contributed by atoms with Crippen LogP contribution in [0.1, 0.15) is 11.1 Å². The molecule has 0 radical (unpaired) electrons. The monoisotopic (exact) mass is 215 g/mol. The highest BCUT2D eigenvalue weighted by molar-refractivity contribution is 7.97. The van der Waals surface area contributed by atoms with Crippen molar-refractivity contribution in [2.75, 3.05) is 0 Å². The van der Waals surface area contributed by atoms with Crippen LogP contribution in [0.15, 0.2) is 54.9 Å². The molecule has 1 nitrogen and oxygen atoms in total. The van der Waals surface area contributed by atoms with Crippen LogP contribution in [-0.4, -0.2) is 4.98 Å². The lowest BCUT2D eigenvalue weighted by Gasteiger charge is -2.01. The highest BCUT2D eigenvalue weighted by Crippen LogP contribution is 2.16. The molecule has 76 valence electrons. The van der Waals surface area contributed by atoms with Crippen molar-refractivity contribution >= 4 is 11.8 Å². The van der Waals surface area contributed by atoms with Gasteiger partial charge in [-0.2, -0.15) is 11.8 Å². The average molecular weight is 215 g/mol. The van der Waals surface area contributed by atoms with Gasteiger partial charge in [-0.1, -0.05) is 30.3 Å². The smallest absolute Gasteiger partial charge is 0.0270 e. The molecule has 2 rings (SSSR count). The SMILES string of the molecule is c1ccc(CSCc2ccncc2)cc1. The third kappa shape index (κ3) is 3.40. The highest BCUT2D eigenvalue weighted by Gasteiger charge is 1.94. The fourth-order valence-corrected chi connectivity index (χ4v) is 2.30. The quantitative estimate of drug-likeness (QED) is 0.774. The topological polar surface area (TPSA) is 12.9 Å². The Morgan fingerprint density at radius 2 is 1.40 bits per heavy atom. The normalized spacial score (nSPS) is 10.1. The molecule has 0 aliphatic carbocycles. The maximum atomic E-state index is 4.00. The molecule has 0 spiro atoms. The standard InChI is InChI=1S/C13H13NS/c1-2-4-12(5-3-1)10-15-11-13-6-8-14-9-7-13/h1-9H,10-11H2. The van der Waals surface area contributed by atoms with Gasteiger partial charge in [0.1, 0.15) is 0 Å². The van der Waals surface area contributed by atoms with Crippen molar-refractivity contribution in [3.63, 3.8) is 0 Å².